The molecular weight excluding hydrogens is 794 g/mol. The molecule has 0 heterocycles. The van der Waals surface area contributed by atoms with Crippen molar-refractivity contribution < 1.29 is 71.4 Å². The summed E-state index contributed by atoms with van der Waals surface area (Å²) in [5.41, 5.74) is 0. The largest absolute Gasteiger partial charge is 0.472 e. The van der Waals surface area contributed by atoms with Crippen LogP contribution in [0.4, 0.5) is 0 Å². The Hall–Kier alpha value is -2.52. The molecule has 58 heavy (non-hydrogen) atoms. The number of aliphatic hydroxyl groups excluding tert-OH is 3. The van der Waals surface area contributed by atoms with E-state index in [1.807, 2.05) is 54.7 Å². The second-order valence-electron chi connectivity index (χ2n) is 13.4. The predicted molar refractivity (Wildman–Crippen MR) is 223 cm³/mol. The molecular formula is C41H70O15P2. The normalized spacial score (nSPS) is 16.2. The molecule has 0 aliphatic rings. The molecule has 15 nitrogen and oxygen atoms in total. The predicted octanol–water partition coefficient (Wildman–Crippen LogP) is 8.04. The van der Waals surface area contributed by atoms with Crippen molar-refractivity contribution in [3.05, 3.63) is 72.9 Å². The van der Waals surface area contributed by atoms with Crippen LogP contribution in [0.25, 0.3) is 0 Å². The molecule has 0 spiro atoms. The van der Waals surface area contributed by atoms with Gasteiger partial charge in [-0.05, 0) is 51.4 Å². The number of allylic oxidation sites excluding steroid dienone is 12. The molecule has 334 valence electrons. The average Bonchev–Trinajstić information content (AvgIpc) is 3.19. The van der Waals surface area contributed by atoms with E-state index in [0.29, 0.717) is 12.8 Å². The van der Waals surface area contributed by atoms with Crippen LogP contribution in [0.3, 0.4) is 0 Å². The van der Waals surface area contributed by atoms with Crippen molar-refractivity contribution >= 4 is 27.6 Å². The molecule has 0 aromatic rings. The van der Waals surface area contributed by atoms with Gasteiger partial charge >= 0.3 is 27.6 Å². The second-order valence-corrected chi connectivity index (χ2v) is 16.3. The zero-order valence-electron chi connectivity index (χ0n) is 34.4. The number of ether oxygens (including phenoxy) is 2. The molecule has 5 atom stereocenters. The molecule has 0 aromatic carbocycles. The van der Waals surface area contributed by atoms with Gasteiger partial charge in [0.15, 0.2) is 0 Å². The molecule has 0 fully saturated rings. The van der Waals surface area contributed by atoms with Gasteiger partial charge in [0, 0.05) is 12.8 Å². The molecule has 0 rings (SSSR count). The quantitative estimate of drug-likeness (QED) is 0.0130. The number of carbonyl (C=O) groups is 2. The Bertz CT molecular complexity index is 1330. The van der Waals surface area contributed by atoms with E-state index in [-0.39, 0.29) is 12.8 Å². The summed E-state index contributed by atoms with van der Waals surface area (Å²) in [6, 6.07) is 0. The van der Waals surface area contributed by atoms with Crippen molar-refractivity contribution in [3.8, 4) is 0 Å². The molecule has 17 heteroatoms. The van der Waals surface area contributed by atoms with Crippen molar-refractivity contribution in [2.24, 2.45) is 0 Å². The molecule has 0 aliphatic heterocycles. The van der Waals surface area contributed by atoms with E-state index in [2.05, 4.69) is 50.2 Å². The summed E-state index contributed by atoms with van der Waals surface area (Å²) in [7, 11) is -9.58. The topological polar surface area (TPSA) is 225 Å². The molecule has 0 saturated heterocycles. The van der Waals surface area contributed by atoms with Crippen molar-refractivity contribution in [3.63, 3.8) is 0 Å². The number of esters is 2. The Morgan fingerprint density at radius 2 is 0.810 bits per heavy atom. The van der Waals surface area contributed by atoms with E-state index >= 15 is 0 Å². The maximum atomic E-state index is 12.1. The minimum Gasteiger partial charge on any atom is -0.463 e. The fourth-order valence-electron chi connectivity index (χ4n) is 4.56. The Labute approximate surface area is 345 Å². The van der Waals surface area contributed by atoms with E-state index in [1.54, 1.807) is 0 Å². The van der Waals surface area contributed by atoms with Crippen LogP contribution >= 0.6 is 15.6 Å². The Morgan fingerprint density at radius 1 is 0.466 bits per heavy atom. The van der Waals surface area contributed by atoms with Crippen LogP contribution in [0.5, 0.6) is 0 Å². The number of unbranched alkanes of at least 4 members (excludes halogenated alkanes) is 10. The molecule has 5 unspecified atom stereocenters. The lowest BCUT2D eigenvalue weighted by Gasteiger charge is -2.19. The van der Waals surface area contributed by atoms with E-state index < -0.39 is 85.5 Å². The van der Waals surface area contributed by atoms with Crippen LogP contribution in [0.1, 0.15) is 117 Å². The SMILES string of the molecule is CC/C=C/C=C/C=C\C=C/C=C/CCCCCC(=O)OCC(O)COP(=O)(O)OCC(O)COP(=O)(O)OCC(O)COC(=O)CCCCCCC/C=C\CCCC. The van der Waals surface area contributed by atoms with Gasteiger partial charge in [0.25, 0.3) is 0 Å². The zero-order valence-corrected chi connectivity index (χ0v) is 36.2. The highest BCUT2D eigenvalue weighted by molar-refractivity contribution is 7.47. The van der Waals surface area contributed by atoms with Crippen LogP contribution in [0.15, 0.2) is 72.9 Å². The summed E-state index contributed by atoms with van der Waals surface area (Å²) in [5.74, 6) is -1.05. The molecule has 0 aromatic heterocycles. The van der Waals surface area contributed by atoms with Gasteiger partial charge in [0.2, 0.25) is 0 Å². The third-order valence-electron chi connectivity index (χ3n) is 7.77. The number of hydrogen-bond donors (Lipinski definition) is 5. The molecule has 0 amide bonds. The number of aliphatic hydroxyl groups is 3. The van der Waals surface area contributed by atoms with Gasteiger partial charge in [-0.3, -0.25) is 27.7 Å². The smallest absolute Gasteiger partial charge is 0.463 e. The zero-order chi connectivity index (χ0) is 43.2. The van der Waals surface area contributed by atoms with Crippen LogP contribution in [0.2, 0.25) is 0 Å². The van der Waals surface area contributed by atoms with Crippen LogP contribution < -0.4 is 0 Å². The fraction of sp³-hybridized carbons (Fsp3) is 0.659. The number of hydrogen-bond acceptors (Lipinski definition) is 13. The average molecular weight is 865 g/mol. The summed E-state index contributed by atoms with van der Waals surface area (Å²) in [4.78, 5) is 43.5. The minimum atomic E-state index is -4.79. The first-order valence-corrected chi connectivity index (χ1v) is 23.3. The third kappa shape index (κ3) is 39.0. The third-order valence-corrected chi connectivity index (χ3v) is 9.68. The molecule has 0 saturated carbocycles. The van der Waals surface area contributed by atoms with Gasteiger partial charge in [-0.2, -0.15) is 0 Å². The number of rotatable bonds is 38. The summed E-state index contributed by atoms with van der Waals surface area (Å²) < 4.78 is 52.7. The van der Waals surface area contributed by atoms with E-state index in [9.17, 15) is 43.8 Å². The van der Waals surface area contributed by atoms with E-state index in [4.69, 9.17) is 9.47 Å². The van der Waals surface area contributed by atoms with Gasteiger partial charge in [0.1, 0.15) is 31.5 Å². The molecule has 0 aliphatic carbocycles. The van der Waals surface area contributed by atoms with Gasteiger partial charge in [0.05, 0.1) is 26.4 Å². The lowest BCUT2D eigenvalue weighted by molar-refractivity contribution is -0.148. The standard InChI is InChI=1S/C41H70O15P2/c1-3-5-7-9-11-13-15-16-17-18-20-22-24-26-28-30-41(46)52-32-38(43)34-54-58(49,50)56-36-39(44)35-55-57(47,48)53-33-37(42)31-51-40(45)29-27-25-23-21-19-14-12-10-8-6-4-2/h5,7,9-13,15-18,20,37-39,42-44H,3-4,6,8,14,19,21-36H2,1-2H3,(H,47,48)(H,49,50)/b7-5+,11-9+,12-10-,15-13-,17-16-,20-18+. The van der Waals surface area contributed by atoms with Crippen molar-refractivity contribution in [1.82, 2.24) is 0 Å². The van der Waals surface area contributed by atoms with Crippen molar-refractivity contribution in [2.45, 2.75) is 135 Å². The first-order chi connectivity index (χ1) is 27.8. The molecule has 5 N–H and O–H groups in total. The Kier molecular flexibility index (Phi) is 35.8. The highest BCUT2D eigenvalue weighted by Crippen LogP contribution is 2.45. The van der Waals surface area contributed by atoms with Crippen LogP contribution in [-0.4, -0.2) is 95.0 Å². The molecule has 0 bridgehead atoms. The van der Waals surface area contributed by atoms with Crippen LogP contribution in [-0.2, 0) is 46.3 Å². The highest BCUT2D eigenvalue weighted by atomic mass is 31.2. The van der Waals surface area contributed by atoms with E-state index in [1.165, 1.54) is 12.8 Å². The fourth-order valence-corrected chi connectivity index (χ4v) is 6.16. The van der Waals surface area contributed by atoms with Crippen LogP contribution in [0, 0.1) is 0 Å². The van der Waals surface area contributed by atoms with Crippen molar-refractivity contribution in [1.29, 1.82) is 0 Å². The molecule has 0 radical (unpaired) electrons. The first-order valence-electron chi connectivity index (χ1n) is 20.4. The van der Waals surface area contributed by atoms with Gasteiger partial charge in [-0.15, -0.1) is 0 Å². The van der Waals surface area contributed by atoms with Gasteiger partial charge < -0.3 is 34.6 Å². The van der Waals surface area contributed by atoms with Gasteiger partial charge in [-0.25, -0.2) is 9.13 Å². The monoisotopic (exact) mass is 864 g/mol. The lowest BCUT2D eigenvalue weighted by Crippen LogP contribution is -2.25. The summed E-state index contributed by atoms with van der Waals surface area (Å²) in [5, 5.41) is 29.9. The van der Waals surface area contributed by atoms with Crippen molar-refractivity contribution in [2.75, 3.05) is 39.6 Å². The summed E-state index contributed by atoms with van der Waals surface area (Å²) in [6.45, 7) is 0.120. The Balaban J connectivity index is 4.02. The lowest BCUT2D eigenvalue weighted by atomic mass is 10.1. The number of phosphoric acid groups is 2. The second kappa shape index (κ2) is 37.5. The summed E-state index contributed by atoms with van der Waals surface area (Å²) in [6.07, 6.45) is 33.4. The Morgan fingerprint density at radius 3 is 1.26 bits per heavy atom. The maximum Gasteiger partial charge on any atom is 0.472 e. The first kappa shape index (κ1) is 55.5. The maximum absolute atomic E-state index is 12.1. The van der Waals surface area contributed by atoms with Gasteiger partial charge in [-0.1, -0.05) is 125 Å². The number of carbonyl (C=O) groups excluding carboxylic acids is 2. The van der Waals surface area contributed by atoms with E-state index in [0.717, 1.165) is 64.2 Å². The number of phosphoric ester groups is 2. The minimum absolute atomic E-state index is 0.143. The highest BCUT2D eigenvalue weighted by Gasteiger charge is 2.28. The summed E-state index contributed by atoms with van der Waals surface area (Å²) >= 11 is 0.